The molecule has 8 heteroatoms. The second-order valence-electron chi connectivity index (χ2n) is 5.03. The number of carbonyl (C=O) groups excluding carboxylic acids is 1. The maximum absolute atomic E-state index is 12.1. The minimum atomic E-state index is -1.12. The van der Waals surface area contributed by atoms with Crippen LogP contribution in [0.25, 0.3) is 4.96 Å². The van der Waals surface area contributed by atoms with Gasteiger partial charge in [-0.2, -0.15) is 0 Å². The van der Waals surface area contributed by atoms with Crippen LogP contribution in [0.4, 0.5) is 0 Å². The number of thiazole rings is 1. The lowest BCUT2D eigenvalue weighted by Crippen LogP contribution is -2.43. The molecule has 0 aliphatic carbocycles. The van der Waals surface area contributed by atoms with Gasteiger partial charge in [0.1, 0.15) is 11.6 Å². The first-order valence-electron chi connectivity index (χ1n) is 6.38. The Morgan fingerprint density at radius 1 is 1.48 bits per heavy atom. The van der Waals surface area contributed by atoms with Gasteiger partial charge in [0.15, 0.2) is 4.96 Å². The molecule has 0 saturated heterocycles. The summed E-state index contributed by atoms with van der Waals surface area (Å²) in [5.41, 5.74) is -0.673. The topological polar surface area (TPSA) is 101 Å². The molecule has 0 aliphatic rings. The third kappa shape index (κ3) is 3.27. The fourth-order valence-corrected chi connectivity index (χ4v) is 2.58. The largest absolute Gasteiger partial charge is 0.480 e. The average Bonchev–Trinajstić information content (AvgIpc) is 2.86. The first kappa shape index (κ1) is 15.2. The van der Waals surface area contributed by atoms with Crippen molar-refractivity contribution in [2.75, 3.05) is 0 Å². The molecule has 0 bridgehead atoms. The molecule has 0 aromatic carbocycles. The van der Waals surface area contributed by atoms with Gasteiger partial charge in [-0.1, -0.05) is 13.8 Å². The Hall–Kier alpha value is -2.22. The SMILES string of the molecule is CC(C)C[C@@H](NC(=O)c1cnc2sccn2c1=O)C(=O)O. The number of nitrogens with zero attached hydrogens (tertiary/aromatic N) is 2. The Balaban J connectivity index is 2.27. The van der Waals surface area contributed by atoms with E-state index in [4.69, 9.17) is 5.11 Å². The number of rotatable bonds is 5. The first-order chi connectivity index (χ1) is 9.90. The van der Waals surface area contributed by atoms with E-state index in [1.807, 2.05) is 13.8 Å². The number of fused-ring (bicyclic) bond motifs is 1. The molecule has 0 spiro atoms. The number of nitrogens with one attached hydrogen (secondary N) is 1. The molecule has 0 saturated carbocycles. The highest BCUT2D eigenvalue weighted by Gasteiger charge is 2.23. The van der Waals surface area contributed by atoms with Gasteiger partial charge in [-0.15, -0.1) is 11.3 Å². The Bertz CT molecular complexity index is 734. The number of hydrogen-bond donors (Lipinski definition) is 2. The van der Waals surface area contributed by atoms with Crippen molar-refractivity contribution in [1.29, 1.82) is 0 Å². The van der Waals surface area contributed by atoms with Crippen molar-refractivity contribution in [3.05, 3.63) is 33.7 Å². The molecule has 1 amide bonds. The molecule has 2 aromatic heterocycles. The van der Waals surface area contributed by atoms with Crippen LogP contribution < -0.4 is 10.9 Å². The zero-order valence-electron chi connectivity index (χ0n) is 11.6. The van der Waals surface area contributed by atoms with Crippen LogP contribution in [0.15, 0.2) is 22.6 Å². The van der Waals surface area contributed by atoms with Crippen molar-refractivity contribution in [3.63, 3.8) is 0 Å². The highest BCUT2D eigenvalue weighted by atomic mass is 32.1. The quantitative estimate of drug-likeness (QED) is 0.857. The molecule has 7 nitrogen and oxygen atoms in total. The lowest BCUT2D eigenvalue weighted by Gasteiger charge is -2.16. The van der Waals surface area contributed by atoms with Gasteiger partial charge in [0, 0.05) is 17.8 Å². The van der Waals surface area contributed by atoms with Gasteiger partial charge in [-0.25, -0.2) is 9.78 Å². The number of carboxylic acid groups (broad SMARTS) is 1. The van der Waals surface area contributed by atoms with Gasteiger partial charge in [0.25, 0.3) is 11.5 Å². The summed E-state index contributed by atoms with van der Waals surface area (Å²) in [7, 11) is 0. The number of carboxylic acids is 1. The van der Waals surface area contributed by atoms with E-state index in [1.165, 1.54) is 28.1 Å². The molecular formula is C13H15N3O4S. The van der Waals surface area contributed by atoms with Crippen molar-refractivity contribution < 1.29 is 14.7 Å². The first-order valence-corrected chi connectivity index (χ1v) is 7.26. The Morgan fingerprint density at radius 3 is 2.81 bits per heavy atom. The standard InChI is InChI=1S/C13H15N3O4S/c1-7(2)5-9(12(19)20)15-10(17)8-6-14-13-16(11(8)18)3-4-21-13/h3-4,6-7,9H,5H2,1-2H3,(H,15,17)(H,19,20)/t9-/m1/s1. The summed E-state index contributed by atoms with van der Waals surface area (Å²) in [5, 5.41) is 13.2. The van der Waals surface area contributed by atoms with E-state index < -0.39 is 23.5 Å². The van der Waals surface area contributed by atoms with Crippen molar-refractivity contribution in [1.82, 2.24) is 14.7 Å². The number of amides is 1. The zero-order valence-corrected chi connectivity index (χ0v) is 12.4. The molecule has 0 unspecified atom stereocenters. The number of aliphatic carboxylic acids is 1. The molecule has 2 aromatic rings. The molecule has 0 aliphatic heterocycles. The molecule has 0 radical (unpaired) electrons. The van der Waals surface area contributed by atoms with Crippen LogP contribution in [-0.2, 0) is 4.79 Å². The second-order valence-corrected chi connectivity index (χ2v) is 5.90. The Labute approximate surface area is 124 Å². The normalized spacial score (nSPS) is 12.5. The van der Waals surface area contributed by atoms with Gasteiger partial charge >= 0.3 is 5.97 Å². The van der Waals surface area contributed by atoms with E-state index in [0.29, 0.717) is 4.96 Å². The highest BCUT2D eigenvalue weighted by molar-refractivity contribution is 7.15. The zero-order chi connectivity index (χ0) is 15.6. The van der Waals surface area contributed by atoms with Crippen LogP contribution in [-0.4, -0.2) is 32.4 Å². The highest BCUT2D eigenvalue weighted by Crippen LogP contribution is 2.08. The number of aromatic nitrogens is 2. The fraction of sp³-hybridized carbons (Fsp3) is 0.385. The minimum Gasteiger partial charge on any atom is -0.480 e. The summed E-state index contributed by atoms with van der Waals surface area (Å²) in [5.74, 6) is -1.74. The van der Waals surface area contributed by atoms with E-state index in [0.717, 1.165) is 0 Å². The van der Waals surface area contributed by atoms with Crippen molar-refractivity contribution >= 4 is 28.2 Å². The van der Waals surface area contributed by atoms with E-state index >= 15 is 0 Å². The summed E-state index contributed by atoms with van der Waals surface area (Å²) in [6.45, 7) is 3.71. The summed E-state index contributed by atoms with van der Waals surface area (Å²) < 4.78 is 1.26. The summed E-state index contributed by atoms with van der Waals surface area (Å²) in [6, 6.07) is -1.03. The van der Waals surface area contributed by atoms with E-state index in [2.05, 4.69) is 10.3 Å². The maximum Gasteiger partial charge on any atom is 0.326 e. The fourth-order valence-electron chi connectivity index (χ4n) is 1.91. The monoisotopic (exact) mass is 309 g/mol. The number of hydrogen-bond acceptors (Lipinski definition) is 5. The molecular weight excluding hydrogens is 294 g/mol. The Morgan fingerprint density at radius 2 is 2.19 bits per heavy atom. The van der Waals surface area contributed by atoms with Crippen molar-refractivity contribution in [3.8, 4) is 0 Å². The lowest BCUT2D eigenvalue weighted by atomic mass is 10.0. The van der Waals surface area contributed by atoms with Crippen LogP contribution in [0.1, 0.15) is 30.6 Å². The van der Waals surface area contributed by atoms with E-state index in [-0.39, 0.29) is 17.9 Å². The third-order valence-electron chi connectivity index (χ3n) is 2.90. The lowest BCUT2D eigenvalue weighted by molar-refractivity contribution is -0.139. The second kappa shape index (κ2) is 6.04. The Kier molecular flexibility index (Phi) is 4.37. The summed E-state index contributed by atoms with van der Waals surface area (Å²) >= 11 is 1.28. The summed E-state index contributed by atoms with van der Waals surface area (Å²) in [4.78, 5) is 39.9. The maximum atomic E-state index is 12.1. The van der Waals surface area contributed by atoms with E-state index in [1.54, 1.807) is 5.38 Å². The van der Waals surface area contributed by atoms with Gasteiger partial charge < -0.3 is 10.4 Å². The van der Waals surface area contributed by atoms with Crippen molar-refractivity contribution in [2.45, 2.75) is 26.3 Å². The minimum absolute atomic E-state index is 0.102. The van der Waals surface area contributed by atoms with Crippen LogP contribution >= 0.6 is 11.3 Å². The van der Waals surface area contributed by atoms with Crippen LogP contribution in [0.3, 0.4) is 0 Å². The molecule has 0 fully saturated rings. The summed E-state index contributed by atoms with van der Waals surface area (Å²) in [6.07, 6.45) is 2.99. The predicted molar refractivity (Wildman–Crippen MR) is 77.7 cm³/mol. The van der Waals surface area contributed by atoms with Gasteiger partial charge in [0.2, 0.25) is 0 Å². The third-order valence-corrected chi connectivity index (χ3v) is 3.67. The molecule has 2 heterocycles. The molecule has 112 valence electrons. The van der Waals surface area contributed by atoms with Gasteiger partial charge in [0.05, 0.1) is 0 Å². The van der Waals surface area contributed by atoms with Crippen LogP contribution in [0, 0.1) is 5.92 Å². The molecule has 2 rings (SSSR count). The van der Waals surface area contributed by atoms with Crippen molar-refractivity contribution in [2.24, 2.45) is 5.92 Å². The predicted octanol–water partition coefficient (Wildman–Crippen LogP) is 0.985. The van der Waals surface area contributed by atoms with Crippen LogP contribution in [0.5, 0.6) is 0 Å². The molecule has 21 heavy (non-hydrogen) atoms. The van der Waals surface area contributed by atoms with Gasteiger partial charge in [-0.05, 0) is 12.3 Å². The van der Waals surface area contributed by atoms with Gasteiger partial charge in [-0.3, -0.25) is 14.0 Å². The molecule has 1 atom stereocenters. The average molecular weight is 309 g/mol. The smallest absolute Gasteiger partial charge is 0.326 e. The number of carbonyl (C=O) groups is 2. The van der Waals surface area contributed by atoms with E-state index in [9.17, 15) is 14.4 Å². The van der Waals surface area contributed by atoms with Crippen LogP contribution in [0.2, 0.25) is 0 Å². The molecule has 2 N–H and O–H groups in total.